The molecule has 3 aliphatic rings. The lowest BCUT2D eigenvalue weighted by Gasteiger charge is -2.53. The van der Waals surface area contributed by atoms with Gasteiger partial charge >= 0.3 is 0 Å². The quantitative estimate of drug-likeness (QED) is 0.760. The maximum atomic E-state index is 10.5. The third-order valence-electron chi connectivity index (χ3n) is 6.95. The fourth-order valence-electron chi connectivity index (χ4n) is 6.10. The number of aromatic hydroxyl groups is 1. The van der Waals surface area contributed by atoms with Crippen LogP contribution in [0.25, 0.3) is 0 Å². The van der Waals surface area contributed by atoms with Gasteiger partial charge in [-0.05, 0) is 84.5 Å². The molecule has 2 saturated carbocycles. The van der Waals surface area contributed by atoms with Gasteiger partial charge in [0.25, 0.3) is 0 Å². The van der Waals surface area contributed by atoms with Crippen molar-refractivity contribution < 1.29 is 10.2 Å². The molecule has 0 amide bonds. The molecular weight excluding hydrogens is 260 g/mol. The van der Waals surface area contributed by atoms with E-state index in [0.717, 1.165) is 19.3 Å². The molecule has 114 valence electrons. The Morgan fingerprint density at radius 1 is 1.19 bits per heavy atom. The Labute approximate surface area is 127 Å². The lowest BCUT2D eigenvalue weighted by molar-refractivity contribution is -0.0441. The summed E-state index contributed by atoms with van der Waals surface area (Å²) < 4.78 is 0. The number of aliphatic hydroxyl groups is 1. The Morgan fingerprint density at radius 3 is 2.81 bits per heavy atom. The number of fused-ring (bicyclic) bond motifs is 5. The van der Waals surface area contributed by atoms with Gasteiger partial charge in [-0.2, -0.15) is 0 Å². The van der Waals surface area contributed by atoms with Crippen LogP contribution >= 0.6 is 0 Å². The van der Waals surface area contributed by atoms with Crippen molar-refractivity contribution in [3.8, 4) is 5.75 Å². The van der Waals surface area contributed by atoms with Crippen molar-refractivity contribution in [1.29, 1.82) is 0 Å². The van der Waals surface area contributed by atoms with Crippen molar-refractivity contribution in [3.63, 3.8) is 0 Å². The molecule has 3 aliphatic carbocycles. The molecule has 0 heterocycles. The summed E-state index contributed by atoms with van der Waals surface area (Å²) in [6, 6.07) is 5.98. The van der Waals surface area contributed by atoms with Crippen molar-refractivity contribution >= 4 is 0 Å². The Hall–Kier alpha value is -1.02. The van der Waals surface area contributed by atoms with Gasteiger partial charge in [0.2, 0.25) is 0 Å². The molecule has 1 aromatic rings. The van der Waals surface area contributed by atoms with Crippen LogP contribution in [-0.4, -0.2) is 16.3 Å². The summed E-state index contributed by atoms with van der Waals surface area (Å²) in [7, 11) is 0. The zero-order chi connectivity index (χ0) is 14.8. The largest absolute Gasteiger partial charge is 0.508 e. The zero-order valence-electron chi connectivity index (χ0n) is 13.0. The first-order chi connectivity index (χ1) is 10.0. The van der Waals surface area contributed by atoms with Gasteiger partial charge in [0.15, 0.2) is 0 Å². The van der Waals surface area contributed by atoms with E-state index in [-0.39, 0.29) is 11.5 Å². The van der Waals surface area contributed by atoms with E-state index in [2.05, 4.69) is 19.9 Å². The van der Waals surface area contributed by atoms with Crippen LogP contribution in [0.2, 0.25) is 0 Å². The average molecular weight is 286 g/mol. The van der Waals surface area contributed by atoms with Gasteiger partial charge in [0, 0.05) is 0 Å². The maximum Gasteiger partial charge on any atom is 0.115 e. The van der Waals surface area contributed by atoms with E-state index in [4.69, 9.17) is 0 Å². The van der Waals surface area contributed by atoms with Crippen molar-refractivity contribution in [2.24, 2.45) is 23.2 Å². The van der Waals surface area contributed by atoms with Crippen LogP contribution in [0.5, 0.6) is 5.75 Å². The minimum Gasteiger partial charge on any atom is -0.508 e. The second-order valence-corrected chi connectivity index (χ2v) is 8.00. The number of aliphatic hydroxyl groups excluding tert-OH is 1. The number of rotatable bonds is 0. The monoisotopic (exact) mass is 286 g/mol. The average Bonchev–Trinajstić information content (AvgIpc) is 2.74. The summed E-state index contributed by atoms with van der Waals surface area (Å²) in [5, 5.41) is 20.2. The fourth-order valence-corrected chi connectivity index (χ4v) is 6.10. The smallest absolute Gasteiger partial charge is 0.115 e. The number of benzene rings is 1. The highest BCUT2D eigenvalue weighted by Gasteiger charge is 2.56. The molecule has 0 bridgehead atoms. The predicted molar refractivity (Wildman–Crippen MR) is 83.3 cm³/mol. The molecule has 21 heavy (non-hydrogen) atoms. The number of hydrogen-bond acceptors (Lipinski definition) is 2. The highest BCUT2D eigenvalue weighted by Crippen LogP contribution is 2.62. The standard InChI is InChI=1S/C19H26O2/c1-11-10-19(2)16(7-8-17(19)21)15-5-3-12-9-13(20)4-6-14(12)18(11)15/h4,6,9,11,15-18,20-21H,3,5,7-8,10H2,1-2H3/t11-,15+,16-,17-,18-,19+/m0/s1. The van der Waals surface area contributed by atoms with Crippen molar-refractivity contribution in [1.82, 2.24) is 0 Å². The number of aryl methyl sites for hydroxylation is 1. The van der Waals surface area contributed by atoms with Crippen molar-refractivity contribution in [3.05, 3.63) is 29.3 Å². The van der Waals surface area contributed by atoms with E-state index in [1.54, 1.807) is 0 Å². The summed E-state index contributed by atoms with van der Waals surface area (Å²) in [6.07, 6.45) is 5.52. The van der Waals surface area contributed by atoms with Gasteiger partial charge in [0.1, 0.15) is 5.75 Å². The van der Waals surface area contributed by atoms with Crippen LogP contribution in [0.3, 0.4) is 0 Å². The van der Waals surface area contributed by atoms with Crippen molar-refractivity contribution in [2.45, 2.75) is 58.0 Å². The van der Waals surface area contributed by atoms with Crippen LogP contribution < -0.4 is 0 Å². The molecule has 0 radical (unpaired) electrons. The number of phenolic OH excluding ortho intramolecular Hbond substituents is 1. The van der Waals surface area contributed by atoms with E-state index in [1.807, 2.05) is 12.1 Å². The van der Waals surface area contributed by atoms with Crippen LogP contribution in [0, 0.1) is 23.2 Å². The molecule has 0 aromatic heterocycles. The Bertz CT molecular complexity index is 567. The molecule has 6 atom stereocenters. The molecule has 2 heteroatoms. The summed E-state index contributed by atoms with van der Waals surface area (Å²) >= 11 is 0. The van der Waals surface area contributed by atoms with Gasteiger partial charge in [-0.25, -0.2) is 0 Å². The van der Waals surface area contributed by atoms with Gasteiger partial charge in [-0.15, -0.1) is 0 Å². The normalized spacial score (nSPS) is 44.8. The molecule has 0 aliphatic heterocycles. The lowest BCUT2D eigenvalue weighted by Crippen LogP contribution is -2.47. The van der Waals surface area contributed by atoms with Gasteiger partial charge < -0.3 is 10.2 Å². The molecular formula is C19H26O2. The summed E-state index contributed by atoms with van der Waals surface area (Å²) in [4.78, 5) is 0. The van der Waals surface area contributed by atoms with Crippen LogP contribution in [0.1, 0.15) is 56.6 Å². The predicted octanol–water partition coefficient (Wildman–Crippen LogP) is 3.86. The van der Waals surface area contributed by atoms with E-state index in [0.29, 0.717) is 29.4 Å². The van der Waals surface area contributed by atoms with E-state index < -0.39 is 0 Å². The summed E-state index contributed by atoms with van der Waals surface area (Å²) in [5.74, 6) is 3.03. The highest BCUT2D eigenvalue weighted by atomic mass is 16.3. The Kier molecular flexibility index (Phi) is 2.91. The fraction of sp³-hybridized carbons (Fsp3) is 0.684. The first-order valence-corrected chi connectivity index (χ1v) is 8.50. The second-order valence-electron chi connectivity index (χ2n) is 8.00. The minimum absolute atomic E-state index is 0.105. The lowest BCUT2D eigenvalue weighted by atomic mass is 9.52. The number of phenols is 1. The molecule has 1 aromatic carbocycles. The zero-order valence-corrected chi connectivity index (χ0v) is 13.0. The van der Waals surface area contributed by atoms with Crippen LogP contribution in [0.4, 0.5) is 0 Å². The third-order valence-corrected chi connectivity index (χ3v) is 6.95. The van der Waals surface area contributed by atoms with Gasteiger partial charge in [0.05, 0.1) is 6.10 Å². The Morgan fingerprint density at radius 2 is 2.00 bits per heavy atom. The second kappa shape index (κ2) is 4.49. The summed E-state index contributed by atoms with van der Waals surface area (Å²) in [5.41, 5.74) is 2.96. The van der Waals surface area contributed by atoms with Gasteiger partial charge in [-0.3, -0.25) is 0 Å². The topological polar surface area (TPSA) is 40.5 Å². The van der Waals surface area contributed by atoms with Crippen LogP contribution in [-0.2, 0) is 6.42 Å². The molecule has 4 rings (SSSR count). The van der Waals surface area contributed by atoms with E-state index >= 15 is 0 Å². The van der Waals surface area contributed by atoms with E-state index in [1.165, 1.54) is 24.0 Å². The van der Waals surface area contributed by atoms with Gasteiger partial charge in [-0.1, -0.05) is 19.9 Å². The summed E-state index contributed by atoms with van der Waals surface area (Å²) in [6.45, 7) is 4.69. The SMILES string of the molecule is C[C@H]1C[C@@]2(C)[C@@H](O)CC[C@H]2[C@H]2CCc3cc(O)ccc3[C@@H]21. The number of hydrogen-bond donors (Lipinski definition) is 2. The van der Waals surface area contributed by atoms with Crippen molar-refractivity contribution in [2.75, 3.05) is 0 Å². The molecule has 0 spiro atoms. The molecule has 0 unspecified atom stereocenters. The first kappa shape index (κ1) is 13.6. The molecule has 2 N–H and O–H groups in total. The molecule has 2 fully saturated rings. The van der Waals surface area contributed by atoms with Crippen LogP contribution in [0.15, 0.2) is 18.2 Å². The molecule has 0 saturated heterocycles. The maximum absolute atomic E-state index is 10.5. The highest BCUT2D eigenvalue weighted by molar-refractivity contribution is 5.40. The third kappa shape index (κ3) is 1.81. The molecule has 2 nitrogen and oxygen atoms in total. The minimum atomic E-state index is -0.105. The Balaban J connectivity index is 1.76. The van der Waals surface area contributed by atoms with E-state index in [9.17, 15) is 10.2 Å². The first-order valence-electron chi connectivity index (χ1n) is 8.50.